The third-order valence-corrected chi connectivity index (χ3v) is 6.48. The molecular weight excluding hydrogens is 444 g/mol. The van der Waals surface area contributed by atoms with E-state index in [1.165, 1.54) is 16.2 Å². The molecule has 3 aromatic heterocycles. The maximum absolute atomic E-state index is 13.3. The predicted molar refractivity (Wildman–Crippen MR) is 132 cm³/mol. The molecule has 3 aromatic rings. The van der Waals surface area contributed by atoms with E-state index in [-0.39, 0.29) is 11.5 Å². The van der Waals surface area contributed by atoms with Crippen molar-refractivity contribution < 1.29 is 4.79 Å². The zero-order valence-corrected chi connectivity index (χ0v) is 19.4. The highest BCUT2D eigenvalue weighted by Crippen LogP contribution is 2.33. The first-order valence-corrected chi connectivity index (χ1v) is 11.8. The van der Waals surface area contributed by atoms with Crippen LogP contribution in [0, 0.1) is 0 Å². The maximum atomic E-state index is 13.3. The number of thiocarbonyl (C=S) groups is 1. The molecule has 10 heteroatoms. The average molecular weight is 469 g/mol. The van der Waals surface area contributed by atoms with Gasteiger partial charge in [-0.25, -0.2) is 9.97 Å². The Morgan fingerprint density at radius 2 is 2.06 bits per heavy atom. The van der Waals surface area contributed by atoms with E-state index in [9.17, 15) is 9.59 Å². The molecule has 0 unspecified atom stereocenters. The first-order chi connectivity index (χ1) is 15.6. The van der Waals surface area contributed by atoms with E-state index in [2.05, 4.69) is 22.2 Å². The smallest absolute Gasteiger partial charge is 0.267 e. The van der Waals surface area contributed by atoms with Crippen molar-refractivity contribution in [2.75, 3.05) is 18.4 Å². The molecule has 0 atom stereocenters. The van der Waals surface area contributed by atoms with E-state index < -0.39 is 0 Å². The number of pyridine rings is 1. The van der Waals surface area contributed by atoms with E-state index in [1.807, 2.05) is 16.8 Å². The van der Waals surface area contributed by atoms with Gasteiger partial charge in [-0.3, -0.25) is 18.9 Å². The molecule has 1 N–H and O–H groups in total. The fraction of sp³-hybridized carbons (Fsp3) is 0.318. The second-order valence-corrected chi connectivity index (χ2v) is 9.05. The number of rotatable bonds is 9. The van der Waals surface area contributed by atoms with Gasteiger partial charge in [-0.1, -0.05) is 43.4 Å². The van der Waals surface area contributed by atoms with Gasteiger partial charge in [-0.2, -0.15) is 0 Å². The number of hydrogen-bond acceptors (Lipinski definition) is 7. The number of carbonyl (C=O) groups is 1. The Kier molecular flexibility index (Phi) is 7.01. The summed E-state index contributed by atoms with van der Waals surface area (Å²) in [6.45, 7) is 4.07. The van der Waals surface area contributed by atoms with Crippen molar-refractivity contribution in [1.82, 2.24) is 23.8 Å². The summed E-state index contributed by atoms with van der Waals surface area (Å²) >= 11 is 6.63. The number of imidazole rings is 1. The normalized spacial score (nSPS) is 15.3. The summed E-state index contributed by atoms with van der Waals surface area (Å²) < 4.78 is 4.01. The Morgan fingerprint density at radius 1 is 1.19 bits per heavy atom. The lowest BCUT2D eigenvalue weighted by Gasteiger charge is -2.13. The van der Waals surface area contributed by atoms with Crippen molar-refractivity contribution in [3.05, 3.63) is 63.9 Å². The summed E-state index contributed by atoms with van der Waals surface area (Å²) in [4.78, 5) is 36.9. The lowest BCUT2D eigenvalue weighted by atomic mass is 10.2. The van der Waals surface area contributed by atoms with Crippen LogP contribution in [0.25, 0.3) is 11.7 Å². The average Bonchev–Trinajstić information content (AvgIpc) is 3.40. The number of aromatic nitrogens is 4. The number of fused-ring (bicyclic) bond motifs is 1. The number of thioether (sulfide) groups is 1. The molecule has 1 amide bonds. The molecule has 166 valence electrons. The molecule has 8 nitrogen and oxygen atoms in total. The number of carbonyl (C=O) groups excluding carboxylic acids is 1. The van der Waals surface area contributed by atoms with Crippen LogP contribution >= 0.6 is 24.0 Å². The van der Waals surface area contributed by atoms with Crippen molar-refractivity contribution in [2.24, 2.45) is 0 Å². The third-order valence-electron chi connectivity index (χ3n) is 5.10. The van der Waals surface area contributed by atoms with Gasteiger partial charge in [0.2, 0.25) is 0 Å². The van der Waals surface area contributed by atoms with Gasteiger partial charge in [-0.15, -0.1) is 0 Å². The molecule has 0 saturated carbocycles. The summed E-state index contributed by atoms with van der Waals surface area (Å²) in [6, 6.07) is 5.40. The Morgan fingerprint density at radius 3 is 2.84 bits per heavy atom. The fourth-order valence-electron chi connectivity index (χ4n) is 3.40. The highest BCUT2D eigenvalue weighted by Gasteiger charge is 2.32. The number of amides is 1. The van der Waals surface area contributed by atoms with Gasteiger partial charge in [0.1, 0.15) is 15.8 Å². The van der Waals surface area contributed by atoms with E-state index in [1.54, 1.807) is 41.8 Å². The van der Waals surface area contributed by atoms with Gasteiger partial charge >= 0.3 is 0 Å². The van der Waals surface area contributed by atoms with Crippen LogP contribution in [0.5, 0.6) is 0 Å². The molecule has 32 heavy (non-hydrogen) atoms. The molecule has 4 rings (SSSR count). The van der Waals surface area contributed by atoms with Crippen LogP contribution in [-0.2, 0) is 11.3 Å². The molecular formula is C22H24N6O2S2. The third kappa shape index (κ3) is 4.76. The van der Waals surface area contributed by atoms with Crippen molar-refractivity contribution in [3.8, 4) is 0 Å². The number of nitrogens with zero attached hydrogens (tertiary/aromatic N) is 5. The minimum absolute atomic E-state index is 0.155. The van der Waals surface area contributed by atoms with Crippen LogP contribution in [-0.4, -0.2) is 47.2 Å². The molecule has 1 aliphatic heterocycles. The Bertz CT molecular complexity index is 1220. The number of nitrogens with one attached hydrogen (secondary N) is 1. The molecule has 0 aromatic carbocycles. The monoisotopic (exact) mass is 468 g/mol. The molecule has 0 aliphatic carbocycles. The van der Waals surface area contributed by atoms with Gasteiger partial charge in [0.25, 0.3) is 11.5 Å². The number of unbranched alkanes of at least 4 members (excludes halogenated alkanes) is 1. The van der Waals surface area contributed by atoms with E-state index in [0.29, 0.717) is 39.3 Å². The predicted octanol–water partition coefficient (Wildman–Crippen LogP) is 3.39. The Labute approximate surface area is 195 Å². The number of aryl methyl sites for hydroxylation is 1. The fourth-order valence-corrected chi connectivity index (χ4v) is 4.69. The zero-order valence-electron chi connectivity index (χ0n) is 17.7. The summed E-state index contributed by atoms with van der Waals surface area (Å²) in [5, 5.41) is 3.28. The van der Waals surface area contributed by atoms with Gasteiger partial charge in [0, 0.05) is 38.2 Å². The molecule has 0 spiro atoms. The molecule has 1 saturated heterocycles. The van der Waals surface area contributed by atoms with Crippen molar-refractivity contribution in [1.29, 1.82) is 0 Å². The van der Waals surface area contributed by atoms with Crippen LogP contribution in [0.15, 0.2) is 52.8 Å². The first-order valence-electron chi connectivity index (χ1n) is 10.5. The van der Waals surface area contributed by atoms with Gasteiger partial charge in [0.05, 0.1) is 16.8 Å². The second-order valence-electron chi connectivity index (χ2n) is 7.38. The molecule has 0 bridgehead atoms. The van der Waals surface area contributed by atoms with Gasteiger partial charge in [-0.05, 0) is 31.1 Å². The quantitative estimate of drug-likeness (QED) is 0.293. The van der Waals surface area contributed by atoms with Crippen molar-refractivity contribution in [3.63, 3.8) is 0 Å². The van der Waals surface area contributed by atoms with E-state index in [4.69, 9.17) is 12.2 Å². The lowest BCUT2D eigenvalue weighted by Crippen LogP contribution is -2.29. The number of anilines is 1. The summed E-state index contributed by atoms with van der Waals surface area (Å²) in [5.74, 6) is 0.308. The Hall–Kier alpha value is -2.98. The lowest BCUT2D eigenvalue weighted by molar-refractivity contribution is -0.122. The number of hydrogen-bond donors (Lipinski definition) is 1. The molecule has 0 radical (unpaired) electrons. The van der Waals surface area contributed by atoms with Crippen LogP contribution in [0.2, 0.25) is 0 Å². The zero-order chi connectivity index (χ0) is 22.5. The van der Waals surface area contributed by atoms with Gasteiger partial charge in [0.15, 0.2) is 0 Å². The van der Waals surface area contributed by atoms with Crippen LogP contribution in [0.1, 0.15) is 31.7 Å². The first kappa shape index (κ1) is 22.2. The summed E-state index contributed by atoms with van der Waals surface area (Å²) in [5.41, 5.74) is 0.668. The molecule has 1 fully saturated rings. The van der Waals surface area contributed by atoms with E-state index in [0.717, 1.165) is 25.8 Å². The van der Waals surface area contributed by atoms with Crippen molar-refractivity contribution in [2.45, 2.75) is 32.7 Å². The topological polar surface area (TPSA) is 84.5 Å². The summed E-state index contributed by atoms with van der Waals surface area (Å²) in [7, 11) is 0. The van der Waals surface area contributed by atoms with Crippen LogP contribution in [0.4, 0.5) is 5.82 Å². The maximum Gasteiger partial charge on any atom is 0.267 e. The second kappa shape index (κ2) is 10.1. The largest absolute Gasteiger partial charge is 0.369 e. The SMILES string of the molecule is CCCCN1C(=O)C(=Cc2c(NCCCn3ccnc3)nc3ccccn3c2=O)SC1=S. The van der Waals surface area contributed by atoms with E-state index >= 15 is 0 Å². The van der Waals surface area contributed by atoms with Gasteiger partial charge < -0.3 is 9.88 Å². The minimum atomic E-state index is -0.230. The van der Waals surface area contributed by atoms with Crippen LogP contribution in [0.3, 0.4) is 0 Å². The Balaban J connectivity index is 1.63. The molecule has 4 heterocycles. The van der Waals surface area contributed by atoms with Crippen LogP contribution < -0.4 is 10.9 Å². The summed E-state index contributed by atoms with van der Waals surface area (Å²) in [6.07, 6.45) is 11.4. The highest BCUT2D eigenvalue weighted by molar-refractivity contribution is 8.26. The van der Waals surface area contributed by atoms with Crippen molar-refractivity contribution >= 4 is 51.7 Å². The molecule has 1 aliphatic rings. The minimum Gasteiger partial charge on any atom is -0.369 e. The standard InChI is InChI=1S/C22H24N6O2S2/c1-2-3-11-28-21(30)17(32-22(28)31)14-16-19(24-8-6-10-26-13-9-23-15-26)25-18-7-4-5-12-27(18)20(16)29/h4-5,7,9,12-15,24H,2-3,6,8,10-11H2,1H3. The highest BCUT2D eigenvalue weighted by atomic mass is 32.2.